The van der Waals surface area contributed by atoms with Crippen LogP contribution in [-0.4, -0.2) is 42.1 Å². The zero-order valence-corrected chi connectivity index (χ0v) is 16.9. The lowest BCUT2D eigenvalue weighted by atomic mass is 9.73. The van der Waals surface area contributed by atoms with Gasteiger partial charge in [-0.2, -0.15) is 0 Å². The second kappa shape index (κ2) is 6.85. The molecule has 1 N–H and O–H groups in total. The summed E-state index contributed by atoms with van der Waals surface area (Å²) in [4.78, 5) is 14.4. The van der Waals surface area contributed by atoms with Crippen LogP contribution in [0.15, 0.2) is 36.4 Å². The van der Waals surface area contributed by atoms with Gasteiger partial charge in [-0.15, -0.1) is 0 Å². The summed E-state index contributed by atoms with van der Waals surface area (Å²) in [5.41, 5.74) is 2.83. The maximum atomic E-state index is 11.8. The molecule has 3 saturated heterocycles. The number of aryl methyl sites for hydroxylation is 1. The summed E-state index contributed by atoms with van der Waals surface area (Å²) in [6.07, 6.45) is 3.21. The van der Waals surface area contributed by atoms with Crippen LogP contribution in [0.4, 0.5) is 0 Å². The summed E-state index contributed by atoms with van der Waals surface area (Å²) in [5, 5.41) is 5.82. The number of carbonyl (C=O) groups excluding carboxylic acids is 1. The first-order valence-electron chi connectivity index (χ1n) is 10.7. The molecular formula is C24H30N2O2. The van der Waals surface area contributed by atoms with Crippen molar-refractivity contribution in [3.8, 4) is 0 Å². The highest BCUT2D eigenvalue weighted by atomic mass is 16.5. The van der Waals surface area contributed by atoms with E-state index in [2.05, 4.69) is 53.5 Å². The number of amides is 1. The number of carbonyl (C=O) groups is 1. The molecule has 0 radical (unpaired) electrons. The lowest BCUT2D eigenvalue weighted by Gasteiger charge is -2.29. The van der Waals surface area contributed by atoms with E-state index in [1.165, 1.54) is 28.3 Å². The molecule has 2 aromatic carbocycles. The number of nitrogens with zero attached hydrogens (tertiary/aromatic N) is 1. The Bertz CT molecular complexity index is 911. The number of ether oxygens (including phenoxy) is 1. The van der Waals surface area contributed by atoms with Crippen molar-refractivity contribution >= 4 is 16.7 Å². The van der Waals surface area contributed by atoms with Gasteiger partial charge in [0.25, 0.3) is 0 Å². The largest absolute Gasteiger partial charge is 0.370 e. The van der Waals surface area contributed by atoms with E-state index in [4.69, 9.17) is 4.74 Å². The minimum atomic E-state index is 0.0186. The fraction of sp³-hybridized carbons (Fsp3) is 0.542. The average molecular weight is 379 g/mol. The van der Waals surface area contributed by atoms with Crippen LogP contribution in [0.1, 0.15) is 37.3 Å². The van der Waals surface area contributed by atoms with E-state index in [1.54, 1.807) is 0 Å². The third-order valence-electron chi connectivity index (χ3n) is 7.37. The molecule has 2 bridgehead atoms. The molecule has 0 unspecified atom stereocenters. The van der Waals surface area contributed by atoms with E-state index in [1.807, 2.05) is 6.92 Å². The van der Waals surface area contributed by atoms with Gasteiger partial charge < -0.3 is 10.1 Å². The van der Waals surface area contributed by atoms with Gasteiger partial charge in [0.2, 0.25) is 5.91 Å². The molecule has 3 heterocycles. The lowest BCUT2D eigenvalue weighted by Crippen LogP contribution is -2.41. The van der Waals surface area contributed by atoms with Gasteiger partial charge in [0.15, 0.2) is 0 Å². The Morgan fingerprint density at radius 2 is 2.14 bits per heavy atom. The molecule has 28 heavy (non-hydrogen) atoms. The van der Waals surface area contributed by atoms with Crippen LogP contribution in [0.5, 0.6) is 0 Å². The molecule has 4 heteroatoms. The number of hydrogen-bond acceptors (Lipinski definition) is 3. The summed E-state index contributed by atoms with van der Waals surface area (Å²) in [5.74, 6) is 1.15. The van der Waals surface area contributed by atoms with Crippen LogP contribution >= 0.6 is 0 Å². The van der Waals surface area contributed by atoms with Gasteiger partial charge in [-0.3, -0.25) is 9.69 Å². The molecule has 3 aliphatic rings. The second-order valence-corrected chi connectivity index (χ2v) is 8.94. The van der Waals surface area contributed by atoms with Crippen molar-refractivity contribution in [3.05, 3.63) is 47.5 Å². The van der Waals surface area contributed by atoms with Gasteiger partial charge >= 0.3 is 0 Å². The van der Waals surface area contributed by atoms with E-state index >= 15 is 0 Å². The van der Waals surface area contributed by atoms with Gasteiger partial charge in [-0.1, -0.05) is 43.3 Å². The third kappa shape index (κ3) is 2.85. The summed E-state index contributed by atoms with van der Waals surface area (Å²) in [6, 6.07) is 13.2. The highest BCUT2D eigenvalue weighted by molar-refractivity contribution is 5.86. The maximum absolute atomic E-state index is 11.8. The van der Waals surface area contributed by atoms with Crippen LogP contribution in [0.25, 0.3) is 10.8 Å². The van der Waals surface area contributed by atoms with Crippen LogP contribution in [0.2, 0.25) is 0 Å². The first kappa shape index (κ1) is 18.1. The number of hydrogen-bond donors (Lipinski definition) is 1. The minimum Gasteiger partial charge on any atom is -0.370 e. The molecule has 4 nitrogen and oxygen atoms in total. The molecule has 1 amide bonds. The SMILES string of the molecule is CCC(=O)NC[C@H]1[C@H]2CN(Cc3c(C)ccc4ccccc34)C[C@]23CC[C@H]1O3. The number of benzene rings is 2. The lowest BCUT2D eigenvalue weighted by molar-refractivity contribution is -0.121. The number of likely N-dealkylation sites (tertiary alicyclic amines) is 1. The summed E-state index contributed by atoms with van der Waals surface area (Å²) >= 11 is 0. The van der Waals surface area contributed by atoms with E-state index < -0.39 is 0 Å². The highest BCUT2D eigenvalue weighted by Gasteiger charge is 2.62. The predicted molar refractivity (Wildman–Crippen MR) is 111 cm³/mol. The van der Waals surface area contributed by atoms with Crippen LogP contribution < -0.4 is 5.32 Å². The van der Waals surface area contributed by atoms with Crippen molar-refractivity contribution in [3.63, 3.8) is 0 Å². The molecule has 0 aromatic heterocycles. The number of nitrogens with one attached hydrogen (secondary N) is 1. The quantitative estimate of drug-likeness (QED) is 0.863. The van der Waals surface area contributed by atoms with Crippen molar-refractivity contribution in [2.24, 2.45) is 11.8 Å². The Kier molecular flexibility index (Phi) is 4.44. The summed E-state index contributed by atoms with van der Waals surface area (Å²) < 4.78 is 6.56. The van der Waals surface area contributed by atoms with E-state index in [-0.39, 0.29) is 11.5 Å². The molecular weight excluding hydrogens is 348 g/mol. The van der Waals surface area contributed by atoms with Crippen LogP contribution in [0, 0.1) is 18.8 Å². The Labute approximate surface area is 167 Å². The van der Waals surface area contributed by atoms with Crippen LogP contribution in [0.3, 0.4) is 0 Å². The van der Waals surface area contributed by atoms with Crippen molar-refractivity contribution in [2.75, 3.05) is 19.6 Å². The van der Waals surface area contributed by atoms with E-state index in [9.17, 15) is 4.79 Å². The van der Waals surface area contributed by atoms with Crippen molar-refractivity contribution in [1.82, 2.24) is 10.2 Å². The Morgan fingerprint density at radius 1 is 1.29 bits per heavy atom. The van der Waals surface area contributed by atoms with Crippen LogP contribution in [-0.2, 0) is 16.1 Å². The smallest absolute Gasteiger partial charge is 0.219 e. The molecule has 3 fully saturated rings. The van der Waals surface area contributed by atoms with E-state index in [0.717, 1.165) is 32.6 Å². The third-order valence-corrected chi connectivity index (χ3v) is 7.37. The van der Waals surface area contributed by atoms with Crippen molar-refractivity contribution < 1.29 is 9.53 Å². The molecule has 0 saturated carbocycles. The first-order valence-corrected chi connectivity index (χ1v) is 10.7. The van der Waals surface area contributed by atoms with Gasteiger partial charge in [-0.05, 0) is 41.7 Å². The first-order chi connectivity index (χ1) is 13.6. The molecule has 1 spiro atoms. The summed E-state index contributed by atoms with van der Waals surface area (Å²) in [6.45, 7) is 7.99. The van der Waals surface area contributed by atoms with Gasteiger partial charge in [0.05, 0.1) is 11.7 Å². The number of fused-ring (bicyclic) bond motifs is 2. The Hall–Kier alpha value is -1.91. The van der Waals surface area contributed by atoms with Gasteiger partial charge in [0, 0.05) is 44.4 Å². The maximum Gasteiger partial charge on any atom is 0.219 e. The fourth-order valence-electron chi connectivity index (χ4n) is 5.92. The van der Waals surface area contributed by atoms with Gasteiger partial charge in [-0.25, -0.2) is 0 Å². The Morgan fingerprint density at radius 3 is 3.00 bits per heavy atom. The molecule has 148 valence electrons. The van der Waals surface area contributed by atoms with Crippen molar-refractivity contribution in [1.29, 1.82) is 0 Å². The zero-order chi connectivity index (χ0) is 19.3. The average Bonchev–Trinajstić information content (AvgIpc) is 3.36. The topological polar surface area (TPSA) is 41.6 Å². The highest BCUT2D eigenvalue weighted by Crippen LogP contribution is 2.54. The molecule has 3 aliphatic heterocycles. The Balaban J connectivity index is 1.36. The van der Waals surface area contributed by atoms with Gasteiger partial charge in [0.1, 0.15) is 0 Å². The number of rotatable bonds is 5. The minimum absolute atomic E-state index is 0.0186. The monoisotopic (exact) mass is 378 g/mol. The normalized spacial score (nSPS) is 31.4. The van der Waals surface area contributed by atoms with Crippen molar-refractivity contribution in [2.45, 2.75) is 51.4 Å². The molecule has 5 rings (SSSR count). The standard InChI is InChI=1S/C24H30N2O2/c1-3-23(27)25-12-19-21-14-26(15-24(21)11-10-22(19)28-24)13-20-16(2)8-9-17-6-4-5-7-18(17)20/h4-9,19,21-22H,3,10-15H2,1-2H3,(H,25,27)/t19-,21+,22+,24+/m0/s1. The molecule has 2 aromatic rings. The fourth-order valence-corrected chi connectivity index (χ4v) is 5.92. The predicted octanol–water partition coefficient (Wildman–Crippen LogP) is 3.65. The second-order valence-electron chi connectivity index (χ2n) is 8.94. The van der Waals surface area contributed by atoms with E-state index in [0.29, 0.717) is 24.4 Å². The molecule has 4 atom stereocenters. The summed E-state index contributed by atoms with van der Waals surface area (Å²) in [7, 11) is 0. The molecule has 0 aliphatic carbocycles. The zero-order valence-electron chi connectivity index (χ0n) is 16.9.